The first-order chi connectivity index (χ1) is 13.4. The molecule has 28 heavy (non-hydrogen) atoms. The van der Waals surface area contributed by atoms with Gasteiger partial charge in [0.15, 0.2) is 5.78 Å². The molecule has 1 aromatic rings. The molecule has 0 aromatic heterocycles. The zero-order chi connectivity index (χ0) is 20.4. The van der Waals surface area contributed by atoms with E-state index in [0.29, 0.717) is 26.2 Å². The quantitative estimate of drug-likeness (QED) is 0.560. The Kier molecular flexibility index (Phi) is 9.87. The van der Waals surface area contributed by atoms with E-state index in [-0.39, 0.29) is 18.0 Å². The van der Waals surface area contributed by atoms with Gasteiger partial charge in [-0.25, -0.2) is 0 Å². The Labute approximate surface area is 168 Å². The highest BCUT2D eigenvalue weighted by Crippen LogP contribution is 2.05. The molecule has 0 amide bonds. The maximum absolute atomic E-state index is 12.5. The minimum atomic E-state index is -0.379. The van der Waals surface area contributed by atoms with Crippen molar-refractivity contribution in [3.63, 3.8) is 0 Å². The van der Waals surface area contributed by atoms with E-state index in [1.165, 1.54) is 0 Å². The zero-order valence-electron chi connectivity index (χ0n) is 17.3. The van der Waals surface area contributed by atoms with Crippen molar-refractivity contribution in [1.29, 1.82) is 0 Å². The van der Waals surface area contributed by atoms with E-state index in [2.05, 4.69) is 20.0 Å². The van der Waals surface area contributed by atoms with E-state index < -0.39 is 0 Å². The maximum atomic E-state index is 12.5. The number of Topliss-reactive ketones (excluding diaryl/α,β-unsaturated/α-hetero) is 1. The summed E-state index contributed by atoms with van der Waals surface area (Å²) < 4.78 is 0. The van der Waals surface area contributed by atoms with Crippen molar-refractivity contribution in [3.05, 3.63) is 30.3 Å². The van der Waals surface area contributed by atoms with Crippen LogP contribution in [-0.4, -0.2) is 108 Å². The molecule has 2 rings (SSSR count). The summed E-state index contributed by atoms with van der Waals surface area (Å²) in [6.45, 7) is 10.5. The number of aliphatic hydroxyl groups is 2. The lowest BCUT2D eigenvalue weighted by atomic mass is 10.3. The Hall–Kier alpha value is -1.51. The molecule has 7 nitrogen and oxygen atoms in total. The molecule has 0 bridgehead atoms. The molecular formula is C21H36N4O3. The fourth-order valence-corrected chi connectivity index (χ4v) is 3.52. The highest BCUT2D eigenvalue weighted by molar-refractivity contribution is 5.84. The number of carbonyl (C=O) groups is 1. The Balaban J connectivity index is 1.89. The van der Waals surface area contributed by atoms with Crippen LogP contribution in [0.4, 0.5) is 5.69 Å². The monoisotopic (exact) mass is 392 g/mol. The van der Waals surface area contributed by atoms with E-state index in [9.17, 15) is 15.0 Å². The summed E-state index contributed by atoms with van der Waals surface area (Å²) in [5, 5.41) is 22.7. The van der Waals surface area contributed by atoms with Gasteiger partial charge in [0.1, 0.15) is 0 Å². The van der Waals surface area contributed by atoms with Crippen LogP contribution in [0.1, 0.15) is 13.8 Å². The molecule has 1 aromatic carbocycles. The molecule has 7 heteroatoms. The third-order valence-electron chi connectivity index (χ3n) is 4.91. The fraction of sp³-hybridized carbons (Fsp3) is 0.667. The van der Waals surface area contributed by atoms with Crippen LogP contribution in [0.25, 0.3) is 0 Å². The molecule has 1 saturated heterocycles. The normalized spacial score (nSPS) is 20.0. The number of benzene rings is 1. The lowest BCUT2D eigenvalue weighted by Gasteiger charge is -2.27. The van der Waals surface area contributed by atoms with E-state index in [1.807, 2.05) is 30.3 Å². The van der Waals surface area contributed by atoms with Crippen LogP contribution in [0.15, 0.2) is 30.3 Å². The summed E-state index contributed by atoms with van der Waals surface area (Å²) in [4.78, 5) is 19.1. The van der Waals surface area contributed by atoms with E-state index >= 15 is 0 Å². The van der Waals surface area contributed by atoms with Crippen LogP contribution in [0.2, 0.25) is 0 Å². The number of anilines is 1. The molecule has 0 radical (unpaired) electrons. The molecule has 1 aliphatic heterocycles. The second-order valence-electron chi connectivity index (χ2n) is 7.83. The zero-order valence-corrected chi connectivity index (χ0v) is 17.3. The van der Waals surface area contributed by atoms with Gasteiger partial charge in [-0.05, 0) is 26.0 Å². The molecule has 1 heterocycles. The van der Waals surface area contributed by atoms with E-state index in [0.717, 1.165) is 45.0 Å². The van der Waals surface area contributed by atoms with Crippen LogP contribution in [0.3, 0.4) is 0 Å². The number of nitrogens with one attached hydrogen (secondary N) is 1. The SMILES string of the molecule is C[C@H](O)CN1CCN(CC(=O)CNc2ccccc2)CCN(C[C@H](C)O)CC1. The molecular weight excluding hydrogens is 356 g/mol. The number of β-amino-alcohol motifs (C(OH)–C–C–N with tert-alkyl or cyclic N) is 2. The van der Waals surface area contributed by atoms with Crippen LogP contribution >= 0.6 is 0 Å². The Morgan fingerprint density at radius 2 is 1.36 bits per heavy atom. The predicted octanol–water partition coefficient (Wildman–Crippen LogP) is 0.349. The van der Waals surface area contributed by atoms with Gasteiger partial charge in [-0.3, -0.25) is 19.5 Å². The number of hydrogen-bond acceptors (Lipinski definition) is 7. The minimum absolute atomic E-state index is 0.159. The summed E-state index contributed by atoms with van der Waals surface area (Å²) in [6, 6.07) is 9.75. The van der Waals surface area contributed by atoms with Gasteiger partial charge in [-0.2, -0.15) is 0 Å². The predicted molar refractivity (Wildman–Crippen MR) is 113 cm³/mol. The van der Waals surface area contributed by atoms with Gasteiger partial charge in [0.05, 0.1) is 25.3 Å². The molecule has 158 valence electrons. The molecule has 0 saturated carbocycles. The second kappa shape index (κ2) is 12.1. The molecule has 1 aliphatic rings. The Bertz CT molecular complexity index is 546. The number of para-hydroxylation sites is 1. The molecule has 2 atom stereocenters. The van der Waals surface area contributed by atoms with Gasteiger partial charge in [-0.15, -0.1) is 0 Å². The number of ketones is 1. The third-order valence-corrected chi connectivity index (χ3v) is 4.91. The highest BCUT2D eigenvalue weighted by atomic mass is 16.3. The van der Waals surface area contributed by atoms with Gasteiger partial charge in [0.25, 0.3) is 0 Å². The first-order valence-corrected chi connectivity index (χ1v) is 10.3. The van der Waals surface area contributed by atoms with Gasteiger partial charge < -0.3 is 15.5 Å². The average molecular weight is 393 g/mol. The van der Waals surface area contributed by atoms with Gasteiger partial charge in [0.2, 0.25) is 0 Å². The van der Waals surface area contributed by atoms with Crippen molar-refractivity contribution in [2.45, 2.75) is 26.1 Å². The van der Waals surface area contributed by atoms with Crippen molar-refractivity contribution in [2.24, 2.45) is 0 Å². The number of aliphatic hydroxyl groups excluding tert-OH is 2. The first kappa shape index (κ1) is 22.8. The summed E-state index contributed by atoms with van der Waals surface area (Å²) in [6.07, 6.45) is -0.757. The molecule has 0 unspecified atom stereocenters. The third kappa shape index (κ3) is 9.12. The lowest BCUT2D eigenvalue weighted by molar-refractivity contribution is -0.118. The molecule has 0 aliphatic carbocycles. The average Bonchev–Trinajstić information content (AvgIpc) is 2.73. The van der Waals surface area contributed by atoms with Gasteiger partial charge in [-0.1, -0.05) is 18.2 Å². The highest BCUT2D eigenvalue weighted by Gasteiger charge is 2.19. The van der Waals surface area contributed by atoms with Crippen molar-refractivity contribution < 1.29 is 15.0 Å². The molecule has 3 N–H and O–H groups in total. The van der Waals surface area contributed by atoms with Crippen molar-refractivity contribution in [1.82, 2.24) is 14.7 Å². The van der Waals surface area contributed by atoms with Crippen LogP contribution in [0, 0.1) is 0 Å². The summed E-state index contributed by atoms with van der Waals surface area (Å²) in [7, 11) is 0. The lowest BCUT2D eigenvalue weighted by Crippen LogP contribution is -2.41. The molecule has 1 fully saturated rings. The molecule has 0 spiro atoms. The van der Waals surface area contributed by atoms with Gasteiger partial charge in [0, 0.05) is 58.0 Å². The fourth-order valence-electron chi connectivity index (χ4n) is 3.52. The standard InChI is InChI=1S/C21H36N4O3/c1-18(26)15-23-8-9-24(16-19(2)27)11-13-25(12-10-23)17-21(28)14-22-20-6-4-3-5-7-20/h3-7,18-19,22,26-27H,8-17H2,1-2H3/t18-,19-/m0/s1. The minimum Gasteiger partial charge on any atom is -0.392 e. The summed E-state index contributed by atoms with van der Waals surface area (Å²) in [5.74, 6) is 0.159. The maximum Gasteiger partial charge on any atom is 0.165 e. The summed E-state index contributed by atoms with van der Waals surface area (Å²) in [5.41, 5.74) is 0.950. The smallest absolute Gasteiger partial charge is 0.165 e. The number of nitrogens with zero attached hydrogens (tertiary/aromatic N) is 3. The van der Waals surface area contributed by atoms with Crippen LogP contribution in [-0.2, 0) is 4.79 Å². The Morgan fingerprint density at radius 3 is 1.82 bits per heavy atom. The van der Waals surface area contributed by atoms with E-state index in [1.54, 1.807) is 13.8 Å². The Morgan fingerprint density at radius 1 is 0.893 bits per heavy atom. The summed E-state index contributed by atoms with van der Waals surface area (Å²) >= 11 is 0. The van der Waals surface area contributed by atoms with Crippen molar-refractivity contribution in [2.75, 3.05) is 70.8 Å². The number of hydrogen-bond donors (Lipinski definition) is 3. The van der Waals surface area contributed by atoms with E-state index in [4.69, 9.17) is 0 Å². The van der Waals surface area contributed by atoms with Crippen molar-refractivity contribution >= 4 is 11.5 Å². The van der Waals surface area contributed by atoms with Crippen molar-refractivity contribution in [3.8, 4) is 0 Å². The van der Waals surface area contributed by atoms with Crippen LogP contribution < -0.4 is 5.32 Å². The topological polar surface area (TPSA) is 79.3 Å². The second-order valence-corrected chi connectivity index (χ2v) is 7.83. The van der Waals surface area contributed by atoms with Crippen LogP contribution in [0.5, 0.6) is 0 Å². The first-order valence-electron chi connectivity index (χ1n) is 10.3. The largest absolute Gasteiger partial charge is 0.392 e. The number of rotatable bonds is 9. The number of carbonyl (C=O) groups excluding carboxylic acids is 1. The van der Waals surface area contributed by atoms with Gasteiger partial charge >= 0.3 is 0 Å².